The van der Waals surface area contributed by atoms with Gasteiger partial charge in [0, 0.05) is 52.7 Å². The molecule has 0 bridgehead atoms. The molecule has 5 aliphatic heterocycles. The maximum absolute atomic E-state index is 14.7. The third-order valence-electron chi connectivity index (χ3n) is 13.5. The lowest BCUT2D eigenvalue weighted by Crippen LogP contribution is -2.59. The van der Waals surface area contributed by atoms with E-state index in [0.717, 1.165) is 0 Å². The van der Waals surface area contributed by atoms with Gasteiger partial charge < -0.3 is 64.0 Å². The molecule has 0 aliphatic carbocycles. The van der Waals surface area contributed by atoms with Crippen molar-refractivity contribution in [1.29, 1.82) is 0 Å². The van der Waals surface area contributed by atoms with Crippen LogP contribution in [0.25, 0.3) is 0 Å². The number of amidine groups is 1. The average Bonchev–Trinajstić information content (AvgIpc) is 3.83. The van der Waals surface area contributed by atoms with Crippen molar-refractivity contribution in [2.24, 2.45) is 22.7 Å². The Balaban J connectivity index is 1.59. The van der Waals surface area contributed by atoms with Crippen molar-refractivity contribution in [3.05, 3.63) is 0 Å². The Hall–Kier alpha value is -2.78. The van der Waals surface area contributed by atoms with Gasteiger partial charge in [0.15, 0.2) is 18.7 Å². The summed E-state index contributed by atoms with van der Waals surface area (Å²) in [6.07, 6.45) is -1.66. The normalized spacial score (nSPS) is 41.1. The Labute approximate surface area is 378 Å². The first-order valence-corrected chi connectivity index (χ1v) is 24.1. The van der Waals surface area contributed by atoms with E-state index in [9.17, 15) is 29.4 Å². The minimum Gasteiger partial charge on any atom is -0.454 e. The Morgan fingerprint density at radius 2 is 1.76 bits per heavy atom. The molecule has 4 N–H and O–H groups in total. The van der Waals surface area contributed by atoms with Gasteiger partial charge in [0.1, 0.15) is 18.2 Å². The molecule has 0 spiro atoms. The molecule has 19 heteroatoms. The lowest BCUT2D eigenvalue weighted by atomic mass is 9.77. The fourth-order valence-corrected chi connectivity index (χ4v) is 10.4. The number of fused-ring (bicyclic) bond motifs is 2. The van der Waals surface area contributed by atoms with E-state index in [1.54, 1.807) is 27.8 Å². The van der Waals surface area contributed by atoms with Crippen LogP contribution in [0.4, 0.5) is 0 Å². The molecule has 5 fully saturated rings. The molecule has 15 atom stereocenters. The summed E-state index contributed by atoms with van der Waals surface area (Å²) in [7, 11) is 5.09. The number of rotatable bonds is 9. The lowest BCUT2D eigenvalue weighted by molar-refractivity contribution is -0.303. The fraction of sp³-hybridized carbons (Fsp3) is 0.886. The molecule has 18 nitrogen and oxygen atoms in total. The summed E-state index contributed by atoms with van der Waals surface area (Å²) in [4.78, 5) is 65.9. The zero-order valence-corrected chi connectivity index (χ0v) is 40.4. The summed E-state index contributed by atoms with van der Waals surface area (Å²) in [5.74, 6) is -3.08. The first-order valence-electron chi connectivity index (χ1n) is 22.7. The highest BCUT2D eigenvalue weighted by atomic mass is 32.2. The number of thioether (sulfide) groups is 1. The minimum atomic E-state index is -1.64. The van der Waals surface area contributed by atoms with Crippen molar-refractivity contribution in [3.63, 3.8) is 0 Å². The highest BCUT2D eigenvalue weighted by molar-refractivity contribution is 7.98. The van der Waals surface area contributed by atoms with Crippen molar-refractivity contribution >= 4 is 41.4 Å². The van der Waals surface area contributed by atoms with Crippen LogP contribution in [0, 0.1) is 17.8 Å². The van der Waals surface area contributed by atoms with E-state index in [0.29, 0.717) is 44.0 Å². The Morgan fingerprint density at radius 1 is 1.05 bits per heavy atom. The van der Waals surface area contributed by atoms with Gasteiger partial charge in [0.05, 0.1) is 54.6 Å². The highest BCUT2D eigenvalue weighted by Gasteiger charge is 2.54. The third kappa shape index (κ3) is 12.2. The van der Waals surface area contributed by atoms with Gasteiger partial charge in [-0.25, -0.2) is 4.99 Å². The van der Waals surface area contributed by atoms with Crippen LogP contribution in [-0.2, 0) is 47.6 Å². The molecule has 0 aromatic rings. The average molecular weight is 913 g/mol. The number of likely N-dealkylation sites (N-methyl/N-ethyl adjacent to an activating group) is 2. The van der Waals surface area contributed by atoms with Crippen LogP contribution in [0.1, 0.15) is 93.9 Å². The number of methoxy groups -OCH3 is 1. The number of hydrogen-bond donors (Lipinski definition) is 4. The van der Waals surface area contributed by atoms with Crippen LogP contribution in [-0.4, -0.2) is 192 Å². The lowest BCUT2D eigenvalue weighted by Gasteiger charge is -2.47. The van der Waals surface area contributed by atoms with Gasteiger partial charge in [0.25, 0.3) is 6.02 Å². The number of aliphatic hydroxyl groups excluding tert-OH is 1. The molecule has 0 aromatic carbocycles. The summed E-state index contributed by atoms with van der Waals surface area (Å²) in [6, 6.07) is -1.46. The van der Waals surface area contributed by atoms with E-state index in [1.807, 2.05) is 52.8 Å². The first kappa shape index (κ1) is 51.2. The molecule has 5 saturated heterocycles. The number of nitrogens with one attached hydrogen (secondary N) is 2. The van der Waals surface area contributed by atoms with E-state index in [4.69, 9.17) is 33.4 Å². The predicted octanol–water partition coefficient (Wildman–Crippen LogP) is 1.73. The van der Waals surface area contributed by atoms with Gasteiger partial charge in [-0.15, -0.1) is 0 Å². The molecule has 0 saturated carbocycles. The number of carbonyl (C=O) groups is 4. The third-order valence-corrected chi connectivity index (χ3v) is 14.2. The maximum atomic E-state index is 14.7. The molecule has 63 heavy (non-hydrogen) atoms. The Morgan fingerprint density at radius 3 is 2.43 bits per heavy atom. The number of ether oxygens (including phenoxy) is 6. The maximum Gasteiger partial charge on any atom is 0.288 e. The SMILES string of the molecule is CO[C@]1(C)C[C@H](O[C@@H]2[C@H](C)[C@@H](O[C@@H]3O[C@H](C)C[C@H]4[C@H]3OC(=NC(C)C)N4C)[C@](C)(O)C[C@@H](C)CN(C)C(=O)CNC(=O)[C@@H]3CCCN3C(=O)[C@H](CCSC)NC(=O)[C@@H]2C)OC[C@@H]1O. The predicted molar refractivity (Wildman–Crippen MR) is 237 cm³/mol. The quantitative estimate of drug-likeness (QED) is 0.260. The Bertz CT molecular complexity index is 1620. The molecule has 0 aromatic heterocycles. The molecule has 5 aliphatic rings. The van der Waals surface area contributed by atoms with Crippen LogP contribution >= 0.6 is 11.8 Å². The van der Waals surface area contributed by atoms with Crippen LogP contribution in [0.15, 0.2) is 4.99 Å². The number of nitrogens with zero attached hydrogens (tertiary/aromatic N) is 4. The monoisotopic (exact) mass is 913 g/mol. The van der Waals surface area contributed by atoms with Gasteiger partial charge in [-0.05, 0) is 84.6 Å². The van der Waals surface area contributed by atoms with Crippen molar-refractivity contribution in [2.45, 2.75) is 172 Å². The van der Waals surface area contributed by atoms with Crippen molar-refractivity contribution in [1.82, 2.24) is 25.3 Å². The molecule has 360 valence electrons. The number of aliphatic hydroxyl groups is 2. The van der Waals surface area contributed by atoms with E-state index in [1.165, 1.54) is 28.7 Å². The fourth-order valence-electron chi connectivity index (χ4n) is 9.88. The molecule has 4 amide bonds. The zero-order valence-electron chi connectivity index (χ0n) is 39.5. The number of hydrogen-bond acceptors (Lipinski definition) is 14. The second kappa shape index (κ2) is 21.7. The highest BCUT2D eigenvalue weighted by Crippen LogP contribution is 2.40. The second-order valence-electron chi connectivity index (χ2n) is 19.3. The first-order chi connectivity index (χ1) is 29.6. The minimum absolute atomic E-state index is 0.0315. The summed E-state index contributed by atoms with van der Waals surface area (Å²) in [5.41, 5.74) is -2.66. The van der Waals surface area contributed by atoms with E-state index < -0.39 is 83.9 Å². The van der Waals surface area contributed by atoms with Crippen LogP contribution in [0.5, 0.6) is 0 Å². The molecule has 5 rings (SSSR count). The van der Waals surface area contributed by atoms with E-state index >= 15 is 0 Å². The van der Waals surface area contributed by atoms with Crippen molar-refractivity contribution in [2.75, 3.05) is 59.5 Å². The topological polar surface area (TPSA) is 210 Å². The number of carbonyl (C=O) groups excluding carboxylic acids is 4. The summed E-state index contributed by atoms with van der Waals surface area (Å²) in [5, 5.41) is 29.5. The van der Waals surface area contributed by atoms with Gasteiger partial charge in [0.2, 0.25) is 23.6 Å². The van der Waals surface area contributed by atoms with Crippen LogP contribution in [0.3, 0.4) is 0 Å². The van der Waals surface area contributed by atoms with Crippen molar-refractivity contribution in [3.8, 4) is 0 Å². The molecular weight excluding hydrogens is 837 g/mol. The van der Waals surface area contributed by atoms with E-state index in [2.05, 4.69) is 10.6 Å². The molecule has 0 unspecified atom stereocenters. The largest absolute Gasteiger partial charge is 0.454 e. The van der Waals surface area contributed by atoms with Gasteiger partial charge >= 0.3 is 0 Å². The molecule has 5 heterocycles. The molecule has 0 radical (unpaired) electrons. The van der Waals surface area contributed by atoms with Gasteiger partial charge in [-0.1, -0.05) is 20.8 Å². The summed E-state index contributed by atoms with van der Waals surface area (Å²) >= 11 is 1.53. The van der Waals surface area contributed by atoms with Crippen LogP contribution in [0.2, 0.25) is 0 Å². The Kier molecular flexibility index (Phi) is 17.6. The standard InChI is InChI=1S/C44H76N6O12S/c1-24(2)46-42-49(10)31-18-26(4)59-41(36(31)61-42)62-37-27(5)35(60-34-20-44(8,57-11)32(51)23-58-34)28(6)38(53)47-29(15-17-63-12)40(55)50-16-13-14-30(50)39(54)45-21-33(52)48(9)22-25(3)19-43(37,7)56/h24-32,34-37,41,51,56H,13-23H2,1-12H3,(H,45,54)(H,47,53)/t25-,26-,27+,28-,29+,30+,31+,32+,34+,35-,36-,37-,41+,43-,44-/m1/s1. The summed E-state index contributed by atoms with van der Waals surface area (Å²) in [6.45, 7) is 15.1. The smallest absolute Gasteiger partial charge is 0.288 e. The molecular formula is C44H76N6O12S. The number of amides is 4. The van der Waals surface area contributed by atoms with Crippen LogP contribution < -0.4 is 10.6 Å². The van der Waals surface area contributed by atoms with Gasteiger partial charge in [-0.2, -0.15) is 11.8 Å². The summed E-state index contributed by atoms with van der Waals surface area (Å²) < 4.78 is 38.7. The van der Waals surface area contributed by atoms with E-state index in [-0.39, 0.29) is 68.5 Å². The zero-order chi connectivity index (χ0) is 46.6. The second-order valence-corrected chi connectivity index (χ2v) is 20.3. The van der Waals surface area contributed by atoms with Crippen molar-refractivity contribution < 1.29 is 57.8 Å². The number of aliphatic imine (C=N–C) groups is 1. The van der Waals surface area contributed by atoms with Gasteiger partial charge in [-0.3, -0.25) is 19.2 Å².